The average Bonchev–Trinajstić information content (AvgIpc) is 2.81. The van der Waals surface area contributed by atoms with E-state index in [0.29, 0.717) is 16.5 Å². The monoisotopic (exact) mass is 246 g/mol. The second-order valence-corrected chi connectivity index (χ2v) is 3.90. The molecule has 18 heavy (non-hydrogen) atoms. The second kappa shape index (κ2) is 3.43. The van der Waals surface area contributed by atoms with Crippen LogP contribution in [0.3, 0.4) is 0 Å². The lowest BCUT2D eigenvalue weighted by Gasteiger charge is -1.98. The second-order valence-electron chi connectivity index (χ2n) is 3.90. The highest BCUT2D eigenvalue weighted by molar-refractivity contribution is 6.36. The zero-order valence-electron chi connectivity index (χ0n) is 8.95. The van der Waals surface area contributed by atoms with Crippen LogP contribution in [0.15, 0.2) is 30.2 Å². The van der Waals surface area contributed by atoms with Crippen molar-refractivity contribution in [2.45, 2.75) is 0 Å². The standard InChI is InChI=1S/C12H7FN2O3/c13-5-1-2-6-7(4-14-8(6)3-5)9-10(16)12(18)15-11(9)17/h1-4,14H,(H2,15,16,17,18). The first-order valence-electron chi connectivity index (χ1n) is 5.14. The molecule has 0 saturated heterocycles. The number of halogens is 1. The molecule has 2 heterocycles. The van der Waals surface area contributed by atoms with Crippen LogP contribution in [0, 0.1) is 5.82 Å². The first-order chi connectivity index (χ1) is 8.58. The van der Waals surface area contributed by atoms with Gasteiger partial charge < -0.3 is 10.1 Å². The van der Waals surface area contributed by atoms with Gasteiger partial charge in [0.25, 0.3) is 11.8 Å². The van der Waals surface area contributed by atoms with E-state index in [4.69, 9.17) is 0 Å². The zero-order chi connectivity index (χ0) is 12.9. The normalized spacial score (nSPS) is 15.6. The van der Waals surface area contributed by atoms with Crippen LogP contribution in [0.4, 0.5) is 4.39 Å². The van der Waals surface area contributed by atoms with Gasteiger partial charge in [0.2, 0.25) is 0 Å². The largest absolute Gasteiger partial charge is 0.502 e. The van der Waals surface area contributed by atoms with Crippen molar-refractivity contribution in [2.24, 2.45) is 0 Å². The lowest BCUT2D eigenvalue weighted by atomic mass is 10.0. The van der Waals surface area contributed by atoms with E-state index in [2.05, 4.69) is 4.98 Å². The van der Waals surface area contributed by atoms with E-state index < -0.39 is 23.4 Å². The van der Waals surface area contributed by atoms with Gasteiger partial charge in [0.1, 0.15) is 5.82 Å². The van der Waals surface area contributed by atoms with Gasteiger partial charge in [0.15, 0.2) is 5.76 Å². The molecule has 0 bridgehead atoms. The number of aromatic nitrogens is 1. The highest BCUT2D eigenvalue weighted by Crippen LogP contribution is 2.29. The molecule has 1 aromatic carbocycles. The quantitative estimate of drug-likeness (QED) is 0.662. The molecule has 0 unspecified atom stereocenters. The Hall–Kier alpha value is -2.63. The fraction of sp³-hybridized carbons (Fsp3) is 0. The molecule has 0 radical (unpaired) electrons. The molecule has 3 N–H and O–H groups in total. The minimum atomic E-state index is -0.827. The van der Waals surface area contributed by atoms with Gasteiger partial charge in [-0.2, -0.15) is 0 Å². The van der Waals surface area contributed by atoms with Crippen LogP contribution in [-0.2, 0) is 9.59 Å². The molecular formula is C12H7FN2O3. The highest BCUT2D eigenvalue weighted by atomic mass is 19.1. The molecule has 0 fully saturated rings. The number of aliphatic hydroxyl groups excluding tert-OH is 1. The molecule has 6 heteroatoms. The predicted octanol–water partition coefficient (Wildman–Crippen LogP) is 1.23. The van der Waals surface area contributed by atoms with Crippen LogP contribution in [0.2, 0.25) is 0 Å². The molecule has 1 aromatic heterocycles. The first-order valence-corrected chi connectivity index (χ1v) is 5.14. The van der Waals surface area contributed by atoms with E-state index >= 15 is 0 Å². The van der Waals surface area contributed by atoms with Crippen LogP contribution < -0.4 is 5.32 Å². The SMILES string of the molecule is O=C1NC(=O)C(c2c[nH]c3cc(F)ccc23)=C1O. The Morgan fingerprint density at radius 2 is 1.94 bits per heavy atom. The van der Waals surface area contributed by atoms with E-state index in [1.807, 2.05) is 5.32 Å². The van der Waals surface area contributed by atoms with Crippen LogP contribution in [0.5, 0.6) is 0 Å². The van der Waals surface area contributed by atoms with Crippen LogP contribution >= 0.6 is 0 Å². The van der Waals surface area contributed by atoms with Crippen LogP contribution in [0.25, 0.3) is 16.5 Å². The highest BCUT2D eigenvalue weighted by Gasteiger charge is 2.32. The van der Waals surface area contributed by atoms with Crippen molar-refractivity contribution in [1.29, 1.82) is 0 Å². The maximum atomic E-state index is 13.0. The molecular weight excluding hydrogens is 239 g/mol. The number of benzene rings is 1. The van der Waals surface area contributed by atoms with Gasteiger partial charge in [0, 0.05) is 22.7 Å². The number of carbonyl (C=O) groups is 2. The summed E-state index contributed by atoms with van der Waals surface area (Å²) < 4.78 is 13.0. The summed E-state index contributed by atoms with van der Waals surface area (Å²) in [6, 6.07) is 3.99. The lowest BCUT2D eigenvalue weighted by molar-refractivity contribution is -0.124. The Morgan fingerprint density at radius 3 is 2.61 bits per heavy atom. The summed E-state index contributed by atoms with van der Waals surface area (Å²) in [5.74, 6) is -2.53. The van der Waals surface area contributed by atoms with Crippen molar-refractivity contribution in [2.75, 3.05) is 0 Å². The fourth-order valence-corrected chi connectivity index (χ4v) is 2.00. The smallest absolute Gasteiger partial charge is 0.293 e. The van der Waals surface area contributed by atoms with Crippen molar-refractivity contribution in [3.63, 3.8) is 0 Å². The molecule has 5 nitrogen and oxygen atoms in total. The third kappa shape index (κ3) is 1.32. The minimum Gasteiger partial charge on any atom is -0.502 e. The molecule has 0 atom stereocenters. The lowest BCUT2D eigenvalue weighted by Crippen LogP contribution is -2.22. The minimum absolute atomic E-state index is 0.0992. The summed E-state index contributed by atoms with van der Waals surface area (Å²) in [6.45, 7) is 0. The molecule has 2 amide bonds. The summed E-state index contributed by atoms with van der Waals surface area (Å²) in [4.78, 5) is 25.5. The average molecular weight is 246 g/mol. The van der Waals surface area contributed by atoms with E-state index in [0.717, 1.165) is 0 Å². The molecule has 0 spiro atoms. The Kier molecular flexibility index (Phi) is 2.00. The molecule has 1 aliphatic heterocycles. The molecule has 90 valence electrons. The number of H-pyrrole nitrogens is 1. The Balaban J connectivity index is 2.28. The van der Waals surface area contributed by atoms with Gasteiger partial charge >= 0.3 is 0 Å². The van der Waals surface area contributed by atoms with E-state index in [1.54, 1.807) is 0 Å². The number of carbonyl (C=O) groups excluding carboxylic acids is 2. The molecule has 1 aliphatic rings. The zero-order valence-corrected chi connectivity index (χ0v) is 8.95. The Morgan fingerprint density at radius 1 is 1.17 bits per heavy atom. The number of hydrogen-bond acceptors (Lipinski definition) is 3. The number of aliphatic hydroxyl groups is 1. The number of imide groups is 1. The molecule has 0 aliphatic carbocycles. The maximum absolute atomic E-state index is 13.0. The Bertz CT molecular complexity index is 730. The summed E-state index contributed by atoms with van der Waals surface area (Å²) in [6.07, 6.45) is 1.45. The molecule has 0 saturated carbocycles. The predicted molar refractivity (Wildman–Crippen MR) is 61.0 cm³/mol. The number of rotatable bonds is 1. The third-order valence-corrected chi connectivity index (χ3v) is 2.82. The molecule has 2 aromatic rings. The van der Waals surface area contributed by atoms with Gasteiger partial charge in [0.05, 0.1) is 5.57 Å². The van der Waals surface area contributed by atoms with Gasteiger partial charge in [-0.15, -0.1) is 0 Å². The van der Waals surface area contributed by atoms with Crippen molar-refractivity contribution >= 4 is 28.3 Å². The Labute approximate surface area is 99.9 Å². The topological polar surface area (TPSA) is 82.2 Å². The van der Waals surface area contributed by atoms with E-state index in [1.165, 1.54) is 24.4 Å². The van der Waals surface area contributed by atoms with Gasteiger partial charge in [-0.05, 0) is 18.2 Å². The maximum Gasteiger partial charge on any atom is 0.293 e. The van der Waals surface area contributed by atoms with Gasteiger partial charge in [-0.3, -0.25) is 14.9 Å². The number of nitrogens with one attached hydrogen (secondary N) is 2. The third-order valence-electron chi connectivity index (χ3n) is 2.82. The van der Waals surface area contributed by atoms with Crippen LogP contribution in [0.1, 0.15) is 5.56 Å². The first kappa shape index (κ1) is 10.5. The fourth-order valence-electron chi connectivity index (χ4n) is 2.00. The van der Waals surface area contributed by atoms with E-state index in [-0.39, 0.29) is 5.57 Å². The molecule has 3 rings (SSSR count). The van der Waals surface area contributed by atoms with Gasteiger partial charge in [-0.1, -0.05) is 0 Å². The number of amides is 2. The van der Waals surface area contributed by atoms with Gasteiger partial charge in [-0.25, -0.2) is 4.39 Å². The van der Waals surface area contributed by atoms with Crippen molar-refractivity contribution in [3.05, 3.63) is 41.5 Å². The number of aromatic amines is 1. The summed E-state index contributed by atoms with van der Waals surface area (Å²) in [5, 5.41) is 12.1. The summed E-state index contributed by atoms with van der Waals surface area (Å²) in [7, 11) is 0. The van der Waals surface area contributed by atoms with Crippen molar-refractivity contribution < 1.29 is 19.1 Å². The summed E-state index contributed by atoms with van der Waals surface area (Å²) in [5.41, 5.74) is 0.751. The van der Waals surface area contributed by atoms with Crippen molar-refractivity contribution in [3.8, 4) is 0 Å². The summed E-state index contributed by atoms with van der Waals surface area (Å²) >= 11 is 0. The number of hydrogen-bond donors (Lipinski definition) is 3. The van der Waals surface area contributed by atoms with E-state index in [9.17, 15) is 19.1 Å². The van der Waals surface area contributed by atoms with Crippen molar-refractivity contribution in [1.82, 2.24) is 10.3 Å². The van der Waals surface area contributed by atoms with Crippen LogP contribution in [-0.4, -0.2) is 21.9 Å². The number of fused-ring (bicyclic) bond motifs is 1.